The van der Waals surface area contributed by atoms with Crippen molar-refractivity contribution in [2.24, 2.45) is 5.92 Å². The number of benzene rings is 4. The number of hydrogen-bond acceptors (Lipinski definition) is 6. The summed E-state index contributed by atoms with van der Waals surface area (Å²) >= 11 is 5.92. The topological polar surface area (TPSA) is 128 Å². The maximum absolute atomic E-state index is 13.6. The molecular weight excluding hydrogens is 628 g/mol. The van der Waals surface area contributed by atoms with Crippen LogP contribution < -0.4 is 14.8 Å². The number of aliphatic hydroxyl groups is 1. The van der Waals surface area contributed by atoms with Gasteiger partial charge in [0.05, 0.1) is 36.2 Å². The first-order chi connectivity index (χ1) is 21.9. The molecule has 1 heterocycles. The fourth-order valence-electron chi connectivity index (χ4n) is 5.44. The highest BCUT2D eigenvalue weighted by atomic mass is 35.5. The summed E-state index contributed by atoms with van der Waals surface area (Å²) in [6.45, 7) is 3.95. The number of halogens is 1. The Labute approximate surface area is 274 Å². The molecule has 1 aliphatic rings. The van der Waals surface area contributed by atoms with Crippen molar-refractivity contribution in [2.45, 2.75) is 37.3 Å². The molecular formula is C34H37ClN4O6S. The Bertz CT molecular complexity index is 1830. The number of hydrogen-bond donors (Lipinski definition) is 3. The van der Waals surface area contributed by atoms with Crippen LogP contribution in [0.2, 0.25) is 5.02 Å². The monoisotopic (exact) mass is 664 g/mol. The maximum atomic E-state index is 13.6. The SMILES string of the molecule is C[C@@H]1CN([C@H](C)CO)C(=O)Cc2cc(NS(=O)(=O)c3ccc(Cl)cc3)ccc2O[C@@H]1CN(C)C(=O)Nc1cccc2ccccc12. The highest BCUT2D eigenvalue weighted by Gasteiger charge is 2.32. The highest BCUT2D eigenvalue weighted by Crippen LogP contribution is 2.31. The molecule has 3 amide bonds. The van der Waals surface area contributed by atoms with E-state index < -0.39 is 22.2 Å². The summed E-state index contributed by atoms with van der Waals surface area (Å²) in [7, 11) is -2.26. The molecule has 0 saturated heterocycles. The molecule has 0 aliphatic carbocycles. The van der Waals surface area contributed by atoms with Gasteiger partial charge in [-0.25, -0.2) is 13.2 Å². The zero-order valence-electron chi connectivity index (χ0n) is 25.8. The number of rotatable bonds is 8. The van der Waals surface area contributed by atoms with Gasteiger partial charge in [0.25, 0.3) is 10.0 Å². The molecule has 12 heteroatoms. The Kier molecular flexibility index (Phi) is 10.0. The van der Waals surface area contributed by atoms with E-state index in [9.17, 15) is 23.1 Å². The van der Waals surface area contributed by atoms with Crippen LogP contribution in [0.3, 0.4) is 0 Å². The highest BCUT2D eigenvalue weighted by molar-refractivity contribution is 7.92. The second kappa shape index (κ2) is 14.0. The van der Waals surface area contributed by atoms with Gasteiger partial charge in [-0.1, -0.05) is 54.9 Å². The van der Waals surface area contributed by atoms with Crippen LogP contribution >= 0.6 is 11.6 Å². The van der Waals surface area contributed by atoms with Gasteiger partial charge in [0.1, 0.15) is 11.9 Å². The van der Waals surface area contributed by atoms with Crippen molar-refractivity contribution in [1.82, 2.24) is 9.80 Å². The van der Waals surface area contributed by atoms with Crippen LogP contribution in [-0.2, 0) is 21.2 Å². The van der Waals surface area contributed by atoms with Crippen molar-refractivity contribution >= 4 is 55.7 Å². The van der Waals surface area contributed by atoms with E-state index in [1.807, 2.05) is 49.4 Å². The van der Waals surface area contributed by atoms with Gasteiger partial charge in [-0.05, 0) is 60.8 Å². The van der Waals surface area contributed by atoms with Gasteiger partial charge in [0.15, 0.2) is 0 Å². The number of aliphatic hydroxyl groups excluding tert-OH is 1. The van der Waals surface area contributed by atoms with E-state index in [0.717, 1.165) is 10.8 Å². The van der Waals surface area contributed by atoms with Gasteiger partial charge in [-0.15, -0.1) is 0 Å². The normalized spacial score (nSPS) is 17.6. The molecule has 0 fully saturated rings. The predicted octanol–water partition coefficient (Wildman–Crippen LogP) is 5.61. The number of likely N-dealkylation sites (N-methyl/N-ethyl adjacent to an activating group) is 1. The number of amides is 3. The van der Waals surface area contributed by atoms with Crippen LogP contribution in [0.1, 0.15) is 19.4 Å². The fraction of sp³-hybridized carbons (Fsp3) is 0.294. The number of sulfonamides is 1. The lowest BCUT2D eigenvalue weighted by atomic mass is 10.0. The van der Waals surface area contributed by atoms with Crippen molar-refractivity contribution in [3.63, 3.8) is 0 Å². The van der Waals surface area contributed by atoms with E-state index in [0.29, 0.717) is 22.0 Å². The first kappa shape index (κ1) is 33.1. The summed E-state index contributed by atoms with van der Waals surface area (Å²) in [4.78, 5) is 30.1. The number of carbonyl (C=O) groups excluding carboxylic acids is 2. The quantitative estimate of drug-likeness (QED) is 0.225. The average molecular weight is 665 g/mol. The summed E-state index contributed by atoms with van der Waals surface area (Å²) in [6.07, 6.45) is -0.620. The van der Waals surface area contributed by atoms with Crippen LogP contribution in [0.5, 0.6) is 5.75 Å². The molecule has 0 radical (unpaired) electrons. The van der Waals surface area contributed by atoms with Crippen LogP contribution in [0.4, 0.5) is 16.2 Å². The van der Waals surface area contributed by atoms with Crippen LogP contribution in [0, 0.1) is 5.92 Å². The molecule has 10 nitrogen and oxygen atoms in total. The van der Waals surface area contributed by atoms with Gasteiger partial charge in [0.2, 0.25) is 5.91 Å². The number of ether oxygens (including phenoxy) is 1. The van der Waals surface area contributed by atoms with Crippen LogP contribution in [0.15, 0.2) is 89.8 Å². The van der Waals surface area contributed by atoms with Crippen LogP contribution in [-0.4, -0.2) is 74.2 Å². The van der Waals surface area contributed by atoms with E-state index in [4.69, 9.17) is 16.3 Å². The summed E-state index contributed by atoms with van der Waals surface area (Å²) in [5.74, 6) is -0.0699. The van der Waals surface area contributed by atoms with E-state index in [2.05, 4.69) is 10.0 Å². The van der Waals surface area contributed by atoms with Crippen molar-refractivity contribution in [3.8, 4) is 5.75 Å². The van der Waals surface area contributed by atoms with Gasteiger partial charge >= 0.3 is 6.03 Å². The Morgan fingerprint density at radius 3 is 2.54 bits per heavy atom. The Hall–Kier alpha value is -4.32. The number of nitrogens with one attached hydrogen (secondary N) is 2. The molecule has 0 spiro atoms. The smallest absolute Gasteiger partial charge is 0.321 e. The molecule has 0 bridgehead atoms. The van der Waals surface area contributed by atoms with E-state index in [1.165, 1.54) is 29.2 Å². The maximum Gasteiger partial charge on any atom is 0.321 e. The van der Waals surface area contributed by atoms with Gasteiger partial charge in [-0.3, -0.25) is 9.52 Å². The summed E-state index contributed by atoms with van der Waals surface area (Å²) < 4.78 is 35.2. The second-order valence-electron chi connectivity index (χ2n) is 11.6. The second-order valence-corrected chi connectivity index (χ2v) is 13.7. The molecule has 0 saturated carbocycles. The Morgan fingerprint density at radius 1 is 1.09 bits per heavy atom. The zero-order chi connectivity index (χ0) is 33.0. The molecule has 5 rings (SSSR count). The molecule has 3 atom stereocenters. The third kappa shape index (κ3) is 7.55. The minimum absolute atomic E-state index is 0.0365. The number of carbonyl (C=O) groups is 2. The molecule has 0 unspecified atom stereocenters. The van der Waals surface area contributed by atoms with E-state index in [-0.39, 0.29) is 54.6 Å². The summed E-state index contributed by atoms with van der Waals surface area (Å²) in [5, 5.41) is 15.3. The van der Waals surface area contributed by atoms with Gasteiger partial charge < -0.3 is 25.0 Å². The lowest BCUT2D eigenvalue weighted by molar-refractivity contribution is -0.134. The number of nitrogens with zero attached hydrogens (tertiary/aromatic N) is 2. The lowest BCUT2D eigenvalue weighted by Gasteiger charge is -2.34. The molecule has 3 N–H and O–H groups in total. The van der Waals surface area contributed by atoms with Gasteiger partial charge in [0, 0.05) is 41.2 Å². The molecule has 46 heavy (non-hydrogen) atoms. The summed E-state index contributed by atoms with van der Waals surface area (Å²) in [5.41, 5.74) is 1.41. The lowest BCUT2D eigenvalue weighted by Crippen LogP contribution is -2.48. The largest absolute Gasteiger partial charge is 0.488 e. The fourth-order valence-corrected chi connectivity index (χ4v) is 6.61. The van der Waals surface area contributed by atoms with Crippen molar-refractivity contribution in [3.05, 3.63) is 95.5 Å². The minimum Gasteiger partial charge on any atom is -0.488 e. The predicted molar refractivity (Wildman–Crippen MR) is 180 cm³/mol. The minimum atomic E-state index is -3.94. The molecule has 0 aromatic heterocycles. The first-order valence-electron chi connectivity index (χ1n) is 14.9. The number of anilines is 2. The van der Waals surface area contributed by atoms with Gasteiger partial charge in [-0.2, -0.15) is 0 Å². The number of urea groups is 1. The van der Waals surface area contributed by atoms with Crippen LogP contribution in [0.25, 0.3) is 10.8 Å². The third-order valence-electron chi connectivity index (χ3n) is 8.12. The van der Waals surface area contributed by atoms with E-state index >= 15 is 0 Å². The average Bonchev–Trinajstić information content (AvgIpc) is 3.08. The van der Waals surface area contributed by atoms with E-state index in [1.54, 1.807) is 37.1 Å². The number of fused-ring (bicyclic) bond motifs is 2. The van der Waals surface area contributed by atoms with Crippen molar-refractivity contribution in [2.75, 3.05) is 36.8 Å². The van der Waals surface area contributed by atoms with Crippen molar-refractivity contribution < 1.29 is 27.9 Å². The van der Waals surface area contributed by atoms with Crippen molar-refractivity contribution in [1.29, 1.82) is 0 Å². The summed E-state index contributed by atoms with van der Waals surface area (Å²) in [6, 6.07) is 23.3. The molecule has 242 valence electrons. The third-order valence-corrected chi connectivity index (χ3v) is 9.77. The molecule has 1 aliphatic heterocycles. The molecule has 4 aromatic rings. The standard InChI is InChI=1S/C34H37ClN4O6S/c1-22-19-39(23(2)21-40)33(41)18-25-17-27(37-46(43,44)28-14-11-26(35)12-15-28)13-16-31(25)45-32(22)20-38(3)34(42)36-30-10-6-8-24-7-4-5-9-29(24)30/h4-17,22-23,32,37,40H,18-21H2,1-3H3,(H,36,42)/t22-,23-,32-/m1/s1. The Morgan fingerprint density at radius 2 is 1.80 bits per heavy atom. The Balaban J connectivity index is 1.41. The first-order valence-corrected chi connectivity index (χ1v) is 16.8. The molecule has 4 aromatic carbocycles. The zero-order valence-corrected chi connectivity index (χ0v) is 27.4.